The van der Waals surface area contributed by atoms with Crippen LogP contribution in [-0.2, 0) is 0 Å². The average molecular weight is 221 g/mol. The fourth-order valence-corrected chi connectivity index (χ4v) is 1.32. The quantitative estimate of drug-likeness (QED) is 0.781. The zero-order valence-corrected chi connectivity index (χ0v) is 9.22. The fourth-order valence-electron chi connectivity index (χ4n) is 1.32. The van der Waals surface area contributed by atoms with Crippen molar-refractivity contribution in [2.75, 3.05) is 14.2 Å². The van der Waals surface area contributed by atoms with Gasteiger partial charge in [0.1, 0.15) is 0 Å². The smallest absolute Gasteiger partial charge is 0.319 e. The molecule has 0 bridgehead atoms. The number of ether oxygens (including phenoxy) is 2. The summed E-state index contributed by atoms with van der Waals surface area (Å²) in [4.78, 5) is 12.1. The van der Waals surface area contributed by atoms with E-state index < -0.39 is 0 Å². The number of nitrogens with zero attached hydrogens (tertiary/aromatic N) is 3. The van der Waals surface area contributed by atoms with Crippen molar-refractivity contribution in [2.45, 2.75) is 6.92 Å². The third-order valence-electron chi connectivity index (χ3n) is 2.10. The van der Waals surface area contributed by atoms with Crippen molar-refractivity contribution < 1.29 is 13.9 Å². The van der Waals surface area contributed by atoms with E-state index in [1.165, 1.54) is 20.6 Å². The highest BCUT2D eigenvalue weighted by Crippen LogP contribution is 2.30. The van der Waals surface area contributed by atoms with Gasteiger partial charge >= 0.3 is 6.01 Å². The maximum Gasteiger partial charge on any atom is 0.319 e. The van der Waals surface area contributed by atoms with Crippen molar-refractivity contribution >= 4 is 0 Å². The van der Waals surface area contributed by atoms with Crippen LogP contribution in [0.1, 0.15) is 5.69 Å². The summed E-state index contributed by atoms with van der Waals surface area (Å²) < 4.78 is 15.3. The second-order valence-corrected chi connectivity index (χ2v) is 3.05. The Hall–Kier alpha value is -2.11. The van der Waals surface area contributed by atoms with Gasteiger partial charge in [-0.1, -0.05) is 0 Å². The van der Waals surface area contributed by atoms with E-state index in [-0.39, 0.29) is 6.01 Å². The largest absolute Gasteiger partial charge is 0.480 e. The van der Waals surface area contributed by atoms with E-state index >= 15 is 0 Å². The summed E-state index contributed by atoms with van der Waals surface area (Å²) >= 11 is 0. The minimum atomic E-state index is 0.248. The lowest BCUT2D eigenvalue weighted by atomic mass is 10.2. The van der Waals surface area contributed by atoms with Crippen LogP contribution in [0.25, 0.3) is 11.3 Å². The Balaban J connectivity index is 2.53. The van der Waals surface area contributed by atoms with Gasteiger partial charge in [-0.15, -0.1) is 0 Å². The van der Waals surface area contributed by atoms with Crippen LogP contribution in [-0.4, -0.2) is 29.2 Å². The molecule has 6 heteroatoms. The number of aryl methyl sites for hydroxylation is 1. The van der Waals surface area contributed by atoms with Gasteiger partial charge in [-0.25, -0.2) is 9.97 Å². The summed E-state index contributed by atoms with van der Waals surface area (Å²) in [6.07, 6.45) is 2.95. The van der Waals surface area contributed by atoms with E-state index in [1.807, 2.05) is 6.92 Å². The van der Waals surface area contributed by atoms with Crippen molar-refractivity contribution in [3.63, 3.8) is 0 Å². The molecule has 2 rings (SSSR count). The van der Waals surface area contributed by atoms with E-state index in [9.17, 15) is 0 Å². The van der Waals surface area contributed by atoms with Crippen molar-refractivity contribution in [3.05, 3.63) is 18.3 Å². The van der Waals surface area contributed by atoms with Crippen LogP contribution < -0.4 is 9.47 Å². The Morgan fingerprint density at radius 3 is 2.56 bits per heavy atom. The molecule has 0 saturated carbocycles. The van der Waals surface area contributed by atoms with Crippen LogP contribution in [0.5, 0.6) is 11.9 Å². The highest BCUT2D eigenvalue weighted by Gasteiger charge is 2.15. The molecule has 2 aromatic rings. The van der Waals surface area contributed by atoms with Gasteiger partial charge in [-0.2, -0.15) is 4.98 Å². The summed E-state index contributed by atoms with van der Waals surface area (Å²) in [7, 11) is 3.02. The van der Waals surface area contributed by atoms with Gasteiger partial charge in [0.05, 0.1) is 25.5 Å². The molecule has 16 heavy (non-hydrogen) atoms. The second-order valence-electron chi connectivity index (χ2n) is 3.05. The van der Waals surface area contributed by atoms with Gasteiger partial charge in [-0.05, 0) is 6.92 Å². The van der Waals surface area contributed by atoms with Crippen molar-refractivity contribution in [3.8, 4) is 23.2 Å². The van der Waals surface area contributed by atoms with Crippen molar-refractivity contribution in [1.82, 2.24) is 15.0 Å². The van der Waals surface area contributed by atoms with Gasteiger partial charge in [-0.3, -0.25) is 0 Å². The maximum absolute atomic E-state index is 5.25. The first-order valence-corrected chi connectivity index (χ1v) is 4.61. The molecular weight excluding hydrogens is 210 g/mol. The lowest BCUT2D eigenvalue weighted by molar-refractivity contribution is 0.352. The van der Waals surface area contributed by atoms with E-state index in [4.69, 9.17) is 13.9 Å². The van der Waals surface area contributed by atoms with Gasteiger partial charge in [0.25, 0.3) is 0 Å². The van der Waals surface area contributed by atoms with Crippen LogP contribution in [0.3, 0.4) is 0 Å². The number of oxazole rings is 1. The third-order valence-corrected chi connectivity index (χ3v) is 2.10. The average Bonchev–Trinajstić information content (AvgIpc) is 2.74. The van der Waals surface area contributed by atoms with Crippen LogP contribution in [0.4, 0.5) is 0 Å². The zero-order valence-electron chi connectivity index (χ0n) is 9.22. The topological polar surface area (TPSA) is 70.3 Å². The van der Waals surface area contributed by atoms with E-state index in [2.05, 4.69) is 15.0 Å². The predicted octanol–water partition coefficient (Wildman–Crippen LogP) is 1.46. The highest BCUT2D eigenvalue weighted by atomic mass is 16.5. The molecule has 0 atom stereocenters. The van der Waals surface area contributed by atoms with Gasteiger partial charge < -0.3 is 13.9 Å². The number of methoxy groups -OCH3 is 2. The third kappa shape index (κ3) is 1.69. The van der Waals surface area contributed by atoms with Gasteiger partial charge in [0.2, 0.25) is 5.88 Å². The molecule has 6 nitrogen and oxygen atoms in total. The first-order valence-electron chi connectivity index (χ1n) is 4.61. The Kier molecular flexibility index (Phi) is 2.72. The number of hydrogen-bond donors (Lipinski definition) is 0. The Morgan fingerprint density at radius 2 is 2.00 bits per heavy atom. The lowest BCUT2D eigenvalue weighted by Crippen LogP contribution is -1.97. The molecule has 0 unspecified atom stereocenters. The summed E-state index contributed by atoms with van der Waals surface area (Å²) in [5.41, 5.74) is 1.41. The monoisotopic (exact) mass is 221 g/mol. The number of hydrogen-bond acceptors (Lipinski definition) is 6. The van der Waals surface area contributed by atoms with Crippen LogP contribution in [0.15, 0.2) is 17.0 Å². The summed E-state index contributed by atoms with van der Waals surface area (Å²) in [6, 6.07) is 0.248. The molecule has 0 amide bonds. The van der Waals surface area contributed by atoms with Gasteiger partial charge in [0, 0.05) is 6.20 Å². The van der Waals surface area contributed by atoms with E-state index in [0.29, 0.717) is 17.2 Å². The Morgan fingerprint density at radius 1 is 1.19 bits per heavy atom. The molecule has 0 radical (unpaired) electrons. The normalized spacial score (nSPS) is 10.2. The van der Waals surface area contributed by atoms with E-state index in [1.54, 1.807) is 6.20 Å². The molecular formula is C10H11N3O3. The zero-order chi connectivity index (χ0) is 11.5. The molecule has 2 heterocycles. The molecule has 0 N–H and O–H groups in total. The Bertz CT molecular complexity index is 496. The molecule has 0 saturated heterocycles. The molecule has 0 aliphatic rings. The van der Waals surface area contributed by atoms with Crippen molar-refractivity contribution in [2.24, 2.45) is 0 Å². The SMILES string of the molecule is COc1ncc(-c2ocnc2C)c(OC)n1. The summed E-state index contributed by atoms with van der Waals surface area (Å²) in [5, 5.41) is 0. The first-order chi connectivity index (χ1) is 7.76. The standard InChI is InChI=1S/C10H11N3O3/c1-6-8(16-5-12-6)7-4-11-10(15-3)13-9(7)14-2/h4-5H,1-3H3. The molecule has 0 fully saturated rings. The number of aromatic nitrogens is 3. The number of rotatable bonds is 3. The molecule has 0 aromatic carbocycles. The van der Waals surface area contributed by atoms with Gasteiger partial charge in [0.15, 0.2) is 12.2 Å². The predicted molar refractivity (Wildman–Crippen MR) is 55.4 cm³/mol. The first kappa shape index (κ1) is 10.4. The molecule has 84 valence electrons. The second kappa shape index (κ2) is 4.18. The maximum atomic E-state index is 5.25. The minimum absolute atomic E-state index is 0.248. The van der Waals surface area contributed by atoms with Crippen molar-refractivity contribution in [1.29, 1.82) is 0 Å². The molecule has 0 spiro atoms. The Labute approximate surface area is 92.3 Å². The molecule has 0 aliphatic heterocycles. The van der Waals surface area contributed by atoms with Crippen LogP contribution >= 0.6 is 0 Å². The lowest BCUT2D eigenvalue weighted by Gasteiger charge is -2.06. The van der Waals surface area contributed by atoms with E-state index in [0.717, 1.165) is 5.69 Å². The minimum Gasteiger partial charge on any atom is -0.480 e. The fraction of sp³-hybridized carbons (Fsp3) is 0.300. The molecule has 0 aliphatic carbocycles. The summed E-state index contributed by atoms with van der Waals surface area (Å²) in [6.45, 7) is 1.84. The van der Waals surface area contributed by atoms with Crippen LogP contribution in [0, 0.1) is 6.92 Å². The highest BCUT2D eigenvalue weighted by molar-refractivity contribution is 5.64. The summed E-state index contributed by atoms with van der Waals surface area (Å²) in [5.74, 6) is 0.992. The molecule has 2 aromatic heterocycles. The van der Waals surface area contributed by atoms with Crippen LogP contribution in [0.2, 0.25) is 0 Å².